The summed E-state index contributed by atoms with van der Waals surface area (Å²) in [5, 5.41) is 0.775. The summed E-state index contributed by atoms with van der Waals surface area (Å²) in [4.78, 5) is 2.06. The second kappa shape index (κ2) is 7.37. The van der Waals surface area contributed by atoms with Crippen molar-refractivity contribution in [2.75, 3.05) is 20.8 Å². The van der Waals surface area contributed by atoms with E-state index in [0.717, 1.165) is 16.5 Å². The van der Waals surface area contributed by atoms with Gasteiger partial charge in [-0.25, -0.2) is 8.42 Å². The molecule has 0 spiro atoms. The zero-order valence-corrected chi connectivity index (χ0v) is 15.0. The number of nitrogens with zero attached hydrogens (tertiary/aromatic N) is 1. The van der Waals surface area contributed by atoms with Crippen molar-refractivity contribution in [2.45, 2.75) is 10.2 Å². The molecule has 0 saturated heterocycles. The first-order valence-electron chi connectivity index (χ1n) is 6.83. The van der Waals surface area contributed by atoms with Gasteiger partial charge in [0.2, 0.25) is 10.0 Å². The van der Waals surface area contributed by atoms with Gasteiger partial charge in [0.25, 0.3) is 0 Å². The third-order valence-electron chi connectivity index (χ3n) is 3.17. The van der Waals surface area contributed by atoms with Crippen LogP contribution < -0.4 is 4.72 Å². The molecule has 0 radical (unpaired) electrons. The zero-order chi connectivity index (χ0) is 16.2. The van der Waals surface area contributed by atoms with Crippen molar-refractivity contribution in [2.24, 2.45) is 0 Å². The second-order valence-corrected chi connectivity index (χ2v) is 7.51. The largest absolute Gasteiger partial charge is 0.296 e. The fourth-order valence-electron chi connectivity index (χ4n) is 2.00. The molecule has 2 rings (SSSR count). The maximum atomic E-state index is 12.5. The van der Waals surface area contributed by atoms with E-state index in [9.17, 15) is 8.42 Å². The molecular formula is C16H19BrN2O2S. The van der Waals surface area contributed by atoms with E-state index in [0.29, 0.717) is 10.5 Å². The Kier molecular flexibility index (Phi) is 5.74. The van der Waals surface area contributed by atoms with Crippen LogP contribution in [-0.2, 0) is 15.4 Å². The topological polar surface area (TPSA) is 49.4 Å². The van der Waals surface area contributed by atoms with Gasteiger partial charge in [0.15, 0.2) is 0 Å². The molecule has 0 amide bonds. The molecule has 0 aliphatic heterocycles. The monoisotopic (exact) mass is 382 g/mol. The highest BCUT2D eigenvalue weighted by Gasteiger charge is 2.18. The highest BCUT2D eigenvalue weighted by atomic mass is 79.9. The van der Waals surface area contributed by atoms with Crippen molar-refractivity contribution in [3.8, 4) is 11.1 Å². The quantitative estimate of drug-likeness (QED) is 0.616. The van der Waals surface area contributed by atoms with Crippen molar-refractivity contribution in [3.05, 3.63) is 54.1 Å². The molecule has 0 unspecified atom stereocenters. The molecule has 2 aromatic rings. The van der Waals surface area contributed by atoms with Crippen molar-refractivity contribution in [1.29, 1.82) is 0 Å². The predicted octanol–water partition coefficient (Wildman–Crippen LogP) is 3.05. The Bertz CT molecular complexity index is 728. The Morgan fingerprint density at radius 1 is 1.05 bits per heavy atom. The van der Waals surface area contributed by atoms with E-state index in [2.05, 4.69) is 20.7 Å². The highest BCUT2D eigenvalue weighted by molar-refractivity contribution is 9.08. The molecular weight excluding hydrogens is 364 g/mol. The van der Waals surface area contributed by atoms with Crippen LogP contribution in [0.2, 0.25) is 0 Å². The summed E-state index contributed by atoms with van der Waals surface area (Å²) >= 11 is 3.41. The molecule has 0 saturated carbocycles. The molecule has 0 aromatic heterocycles. The van der Waals surface area contributed by atoms with E-state index in [1.807, 2.05) is 50.5 Å². The molecule has 0 aliphatic rings. The van der Waals surface area contributed by atoms with Crippen LogP contribution in [0.15, 0.2) is 53.4 Å². The van der Waals surface area contributed by atoms with E-state index in [1.54, 1.807) is 17.0 Å². The Hall–Kier alpha value is -1.21. The van der Waals surface area contributed by atoms with Gasteiger partial charge in [-0.3, -0.25) is 4.90 Å². The zero-order valence-electron chi connectivity index (χ0n) is 12.6. The van der Waals surface area contributed by atoms with Crippen LogP contribution in [0.4, 0.5) is 0 Å². The van der Waals surface area contributed by atoms with Gasteiger partial charge in [-0.2, -0.15) is 4.72 Å². The first kappa shape index (κ1) is 17.1. The molecule has 6 heteroatoms. The Morgan fingerprint density at radius 3 is 2.27 bits per heavy atom. The average molecular weight is 383 g/mol. The molecule has 2 aromatic carbocycles. The average Bonchev–Trinajstić information content (AvgIpc) is 2.53. The number of rotatable bonds is 6. The first-order valence-corrected chi connectivity index (χ1v) is 9.43. The standard InChI is InChI=1S/C16H19BrN2O2S/c1-19(2)12-18-22(20,21)16-6-4-3-5-15(16)14-9-7-13(11-17)8-10-14/h3-10,18H,11-12H2,1-2H3. The summed E-state index contributed by atoms with van der Waals surface area (Å²) in [5.41, 5.74) is 2.74. The number of benzene rings is 2. The number of nitrogens with one attached hydrogen (secondary N) is 1. The minimum Gasteiger partial charge on any atom is -0.296 e. The van der Waals surface area contributed by atoms with Gasteiger partial charge in [-0.15, -0.1) is 0 Å². The highest BCUT2D eigenvalue weighted by Crippen LogP contribution is 2.27. The number of halogens is 1. The number of hydrogen-bond acceptors (Lipinski definition) is 3. The number of sulfonamides is 1. The lowest BCUT2D eigenvalue weighted by Crippen LogP contribution is -2.33. The predicted molar refractivity (Wildman–Crippen MR) is 93.4 cm³/mol. The van der Waals surface area contributed by atoms with E-state index in [-0.39, 0.29) is 6.67 Å². The third-order valence-corrected chi connectivity index (χ3v) is 5.26. The third kappa shape index (κ3) is 4.16. The molecule has 118 valence electrons. The summed E-state index contributed by atoms with van der Waals surface area (Å²) in [5.74, 6) is 0. The Balaban J connectivity index is 2.41. The maximum Gasteiger partial charge on any atom is 0.242 e. The van der Waals surface area contributed by atoms with Gasteiger partial charge in [0.05, 0.1) is 11.6 Å². The van der Waals surface area contributed by atoms with Gasteiger partial charge in [-0.1, -0.05) is 58.4 Å². The van der Waals surface area contributed by atoms with Crippen LogP contribution in [-0.4, -0.2) is 34.1 Å². The molecule has 0 aliphatic carbocycles. The fourth-order valence-corrected chi connectivity index (χ4v) is 3.70. The smallest absolute Gasteiger partial charge is 0.242 e. The van der Waals surface area contributed by atoms with Crippen molar-refractivity contribution in [3.63, 3.8) is 0 Å². The molecule has 0 fully saturated rings. The van der Waals surface area contributed by atoms with Crippen LogP contribution in [0.3, 0.4) is 0 Å². The summed E-state index contributed by atoms with van der Waals surface area (Å²) in [6.45, 7) is 0.263. The Morgan fingerprint density at radius 2 is 1.68 bits per heavy atom. The SMILES string of the molecule is CN(C)CNS(=O)(=O)c1ccccc1-c1ccc(CBr)cc1. The lowest BCUT2D eigenvalue weighted by Gasteiger charge is -2.14. The summed E-state index contributed by atoms with van der Waals surface area (Å²) in [7, 11) is 0.0751. The van der Waals surface area contributed by atoms with Gasteiger partial charge >= 0.3 is 0 Å². The molecule has 0 heterocycles. The van der Waals surface area contributed by atoms with E-state index in [4.69, 9.17) is 0 Å². The number of hydrogen-bond donors (Lipinski definition) is 1. The van der Waals surface area contributed by atoms with Crippen LogP contribution in [0, 0.1) is 0 Å². The minimum atomic E-state index is -3.55. The molecule has 0 bridgehead atoms. The van der Waals surface area contributed by atoms with Crippen LogP contribution in [0.1, 0.15) is 5.56 Å². The molecule has 1 N–H and O–H groups in total. The first-order chi connectivity index (χ1) is 10.4. The summed E-state index contributed by atoms with van der Waals surface area (Å²) < 4.78 is 27.6. The van der Waals surface area contributed by atoms with E-state index < -0.39 is 10.0 Å². The van der Waals surface area contributed by atoms with Crippen molar-refractivity contribution >= 4 is 26.0 Å². The minimum absolute atomic E-state index is 0.263. The maximum absolute atomic E-state index is 12.5. The van der Waals surface area contributed by atoms with E-state index in [1.165, 1.54) is 0 Å². The van der Waals surface area contributed by atoms with Gasteiger partial charge in [-0.05, 0) is 31.3 Å². The van der Waals surface area contributed by atoms with Gasteiger partial charge in [0.1, 0.15) is 0 Å². The molecule has 4 nitrogen and oxygen atoms in total. The summed E-state index contributed by atoms with van der Waals surface area (Å²) in [6, 6.07) is 14.9. The Labute approximate surface area is 140 Å². The second-order valence-electron chi connectivity index (χ2n) is 5.21. The lowest BCUT2D eigenvalue weighted by molar-refractivity contribution is 0.399. The summed E-state index contributed by atoms with van der Waals surface area (Å²) in [6.07, 6.45) is 0. The van der Waals surface area contributed by atoms with Crippen LogP contribution in [0.5, 0.6) is 0 Å². The number of alkyl halides is 1. The normalized spacial score (nSPS) is 11.8. The van der Waals surface area contributed by atoms with Crippen LogP contribution in [0.25, 0.3) is 11.1 Å². The van der Waals surface area contributed by atoms with Gasteiger partial charge < -0.3 is 0 Å². The lowest BCUT2D eigenvalue weighted by atomic mass is 10.0. The fraction of sp³-hybridized carbons (Fsp3) is 0.250. The van der Waals surface area contributed by atoms with Crippen molar-refractivity contribution < 1.29 is 8.42 Å². The van der Waals surface area contributed by atoms with Crippen molar-refractivity contribution in [1.82, 2.24) is 9.62 Å². The van der Waals surface area contributed by atoms with Gasteiger partial charge in [0, 0.05) is 10.9 Å². The molecule has 22 heavy (non-hydrogen) atoms. The van der Waals surface area contributed by atoms with E-state index >= 15 is 0 Å². The molecule has 0 atom stereocenters. The van der Waals surface area contributed by atoms with Crippen LogP contribution >= 0.6 is 15.9 Å².